The maximum atomic E-state index is 2.89. The Bertz CT molecular complexity index is 113. The van der Waals surface area contributed by atoms with Crippen molar-refractivity contribution in [1.29, 1.82) is 0 Å². The van der Waals surface area contributed by atoms with Crippen LogP contribution in [-0.2, 0) is 7.05 Å². The van der Waals surface area contributed by atoms with Crippen LogP contribution in [0.25, 0.3) is 0 Å². The lowest BCUT2D eigenvalue weighted by molar-refractivity contribution is -0.670. The molecule has 2 nitrogen and oxygen atoms in total. The molecular weight excluding hydrogens is 203 g/mol. The molecule has 0 aromatic carbocycles. The van der Waals surface area contributed by atoms with E-state index in [0.29, 0.717) is 0 Å². The van der Waals surface area contributed by atoms with Crippen molar-refractivity contribution in [2.75, 3.05) is 0 Å². The van der Waals surface area contributed by atoms with E-state index in [1.54, 1.807) is 0 Å². The topological polar surface area (TPSA) is 19.7 Å². The van der Waals surface area contributed by atoms with Gasteiger partial charge in [-0.1, -0.05) is 0 Å². The van der Waals surface area contributed by atoms with E-state index < -0.39 is 0 Å². The summed E-state index contributed by atoms with van der Waals surface area (Å²) in [4.78, 5) is 2.89. The third-order valence-electron chi connectivity index (χ3n) is 0.684. The molecule has 0 spiro atoms. The predicted octanol–water partition coefficient (Wildman–Crippen LogP) is -3.69. The van der Waals surface area contributed by atoms with Gasteiger partial charge in [-0.25, -0.2) is 4.57 Å². The van der Waals surface area contributed by atoms with Gasteiger partial charge in [0, 0.05) is 0 Å². The molecule has 0 aliphatic rings. The first kappa shape index (κ1) is 6.94. The maximum Gasteiger partial charge on any atom is 0.241 e. The van der Waals surface area contributed by atoms with Gasteiger partial charge in [-0.15, -0.1) is 0 Å². The van der Waals surface area contributed by atoms with Crippen LogP contribution in [0.4, 0.5) is 0 Å². The molecule has 0 unspecified atom stereocenters. The van der Waals surface area contributed by atoms with Crippen LogP contribution in [0, 0.1) is 0 Å². The predicted molar refractivity (Wildman–Crippen MR) is 24.8 cm³/mol. The Kier molecular flexibility index (Phi) is 2.98. The van der Waals surface area contributed by atoms with Crippen molar-refractivity contribution in [2.24, 2.45) is 7.05 Å². The lowest BCUT2D eigenvalue weighted by Crippen LogP contribution is -3.00. The molecule has 0 atom stereocenters. The Balaban J connectivity index is 0.000000360. The summed E-state index contributed by atoms with van der Waals surface area (Å²) < 4.78 is 1.94. The molecule has 0 aliphatic carbocycles. The van der Waals surface area contributed by atoms with Crippen molar-refractivity contribution < 1.29 is 28.5 Å². The molecule has 40 valence electrons. The van der Waals surface area contributed by atoms with Crippen molar-refractivity contribution in [3.8, 4) is 0 Å². The molecule has 0 aliphatic heterocycles. The summed E-state index contributed by atoms with van der Waals surface area (Å²) in [5.41, 5.74) is 0. The van der Waals surface area contributed by atoms with Gasteiger partial charge in [0.15, 0.2) is 0 Å². The zero-order chi connectivity index (χ0) is 4.41. The van der Waals surface area contributed by atoms with Gasteiger partial charge < -0.3 is 0 Å². The van der Waals surface area contributed by atoms with E-state index in [-0.39, 0.29) is 24.0 Å². The van der Waals surface area contributed by atoms with Crippen molar-refractivity contribution in [3.63, 3.8) is 0 Å². The Morgan fingerprint density at radius 1 is 1.57 bits per heavy atom. The van der Waals surface area contributed by atoms with E-state index in [2.05, 4.69) is 4.98 Å². The third-order valence-corrected chi connectivity index (χ3v) is 0.684. The molecule has 1 heterocycles. The van der Waals surface area contributed by atoms with E-state index in [4.69, 9.17) is 0 Å². The molecule has 3 heteroatoms. The number of hydrogen-bond donors (Lipinski definition) is 1. The second-order valence-corrected chi connectivity index (χ2v) is 1.28. The van der Waals surface area contributed by atoms with Gasteiger partial charge in [0.2, 0.25) is 30.3 Å². The number of aromatic nitrogens is 2. The highest BCUT2D eigenvalue weighted by molar-refractivity contribution is 4.54. The van der Waals surface area contributed by atoms with E-state index in [0.717, 1.165) is 0 Å². The fourth-order valence-electron chi connectivity index (χ4n) is 0.364. The van der Waals surface area contributed by atoms with Crippen LogP contribution in [0.3, 0.4) is 0 Å². The number of H-pyrrole nitrogens is 1. The van der Waals surface area contributed by atoms with E-state index >= 15 is 0 Å². The monoisotopic (exact) mass is 212 g/mol. The third kappa shape index (κ3) is 1.91. The molecule has 0 saturated carbocycles. The first-order chi connectivity index (χ1) is 2.89. The van der Waals surface area contributed by atoms with Crippen molar-refractivity contribution in [2.45, 2.75) is 0 Å². The molecule has 0 amide bonds. The van der Waals surface area contributed by atoms with E-state index in [1.807, 2.05) is 30.3 Å². The van der Waals surface area contributed by atoms with E-state index in [9.17, 15) is 0 Å². The van der Waals surface area contributed by atoms with Crippen LogP contribution in [-0.4, -0.2) is 4.98 Å². The summed E-state index contributed by atoms with van der Waals surface area (Å²) in [6, 6.07) is 0. The standard InChI is InChI=1S/C4H6N2.H2I/c1-6-3-2-5-4-6;/h2-4H,1H3;1H2/q;+1/p+1. The maximum absolute atomic E-state index is 2.89. The van der Waals surface area contributed by atoms with Gasteiger partial charge in [0.1, 0.15) is 12.4 Å². The second kappa shape index (κ2) is 3.01. The fourth-order valence-corrected chi connectivity index (χ4v) is 0.364. The molecule has 1 N–H and O–H groups in total. The van der Waals surface area contributed by atoms with Gasteiger partial charge in [-0.2, -0.15) is 0 Å². The lowest BCUT2D eigenvalue weighted by Gasteiger charge is -1.66. The summed E-state index contributed by atoms with van der Waals surface area (Å²) in [6.45, 7) is 0. The minimum atomic E-state index is 0. The molecular formula is C4H9IN2+2. The number of aromatic amines is 1. The molecule has 0 fully saturated rings. The minimum absolute atomic E-state index is 0. The van der Waals surface area contributed by atoms with Crippen molar-refractivity contribution in [1.82, 2.24) is 4.98 Å². The Hall–Kier alpha value is -0.0600. The molecule has 7 heavy (non-hydrogen) atoms. The zero-order valence-corrected chi connectivity index (χ0v) is 6.68. The van der Waals surface area contributed by atoms with Crippen LogP contribution in [0.2, 0.25) is 0 Å². The first-order valence-electron chi connectivity index (χ1n) is 1.87. The molecule has 1 aromatic heterocycles. The van der Waals surface area contributed by atoms with Gasteiger partial charge in [0.05, 0.1) is 7.05 Å². The fraction of sp³-hybridized carbons (Fsp3) is 0.250. The first-order valence-corrected chi connectivity index (χ1v) is 1.87. The smallest absolute Gasteiger partial charge is 0.241 e. The van der Waals surface area contributed by atoms with Crippen molar-refractivity contribution >= 4 is 0 Å². The highest BCUT2D eigenvalue weighted by Gasteiger charge is 1.78. The number of rotatable bonds is 0. The van der Waals surface area contributed by atoms with Gasteiger partial charge in [-0.05, 0) is 0 Å². The Morgan fingerprint density at radius 2 is 2.29 bits per heavy atom. The molecule has 1 aromatic rings. The number of imidazole rings is 1. The summed E-state index contributed by atoms with van der Waals surface area (Å²) >= 11 is 0. The summed E-state index contributed by atoms with van der Waals surface area (Å²) in [5, 5.41) is 0. The van der Waals surface area contributed by atoms with E-state index in [1.165, 1.54) is 0 Å². The number of nitrogens with zero attached hydrogens (tertiary/aromatic N) is 1. The molecule has 1 rings (SSSR count). The van der Waals surface area contributed by atoms with Crippen LogP contribution in [0.15, 0.2) is 18.7 Å². The van der Waals surface area contributed by atoms with Crippen LogP contribution in [0.1, 0.15) is 0 Å². The molecule has 0 saturated heterocycles. The van der Waals surface area contributed by atoms with Crippen LogP contribution < -0.4 is 28.5 Å². The SMILES string of the molecule is C[n+]1cc[nH]c1.[IH2+]. The Labute approximate surface area is 59.6 Å². The average molecular weight is 212 g/mol. The summed E-state index contributed by atoms with van der Waals surface area (Å²) in [6.07, 6.45) is 5.69. The average Bonchev–Trinajstić information content (AvgIpc) is 1.86. The lowest BCUT2D eigenvalue weighted by atomic mass is 10.9. The van der Waals surface area contributed by atoms with Crippen LogP contribution in [0.5, 0.6) is 0 Å². The zero-order valence-electron chi connectivity index (χ0n) is 4.13. The number of nitrogens with one attached hydrogen (secondary N) is 1. The Morgan fingerprint density at radius 3 is 2.43 bits per heavy atom. The molecule has 0 radical (unpaired) electrons. The largest absolute Gasteiger partial charge is 0.250 e. The molecule has 0 bridgehead atoms. The number of aryl methyl sites for hydroxylation is 1. The number of halogens is 1. The van der Waals surface area contributed by atoms with Gasteiger partial charge >= 0.3 is 0 Å². The minimum Gasteiger partial charge on any atom is -0.250 e. The highest BCUT2D eigenvalue weighted by atomic mass is 127. The summed E-state index contributed by atoms with van der Waals surface area (Å²) in [5.74, 6) is 0. The number of hydrogen-bond acceptors (Lipinski definition) is 0. The second-order valence-electron chi connectivity index (χ2n) is 1.28. The quantitative estimate of drug-likeness (QED) is 0.337. The van der Waals surface area contributed by atoms with Gasteiger partial charge in [-0.3, -0.25) is 4.98 Å². The highest BCUT2D eigenvalue weighted by Crippen LogP contribution is 1.59. The summed E-state index contributed by atoms with van der Waals surface area (Å²) in [7, 11) is 1.97. The van der Waals surface area contributed by atoms with Gasteiger partial charge in [0.25, 0.3) is 0 Å². The normalized spacial score (nSPS) is 7.57. The van der Waals surface area contributed by atoms with Crippen molar-refractivity contribution in [3.05, 3.63) is 18.7 Å². The van der Waals surface area contributed by atoms with Crippen LogP contribution >= 0.6 is 0 Å².